The smallest absolute Gasteiger partial charge is 0.0441 e. The number of benzene rings is 1. The van der Waals surface area contributed by atoms with Gasteiger partial charge in [-0.05, 0) is 18.4 Å². The van der Waals surface area contributed by atoms with Crippen molar-refractivity contribution in [2.75, 3.05) is 0 Å². The first-order chi connectivity index (χ1) is 5.79. The number of hydrogen-bond acceptors (Lipinski definition) is 0. The van der Waals surface area contributed by atoms with Crippen molar-refractivity contribution in [3.63, 3.8) is 0 Å². The van der Waals surface area contributed by atoms with Crippen LogP contribution in [0.15, 0.2) is 36.4 Å². The second-order valence-corrected chi connectivity index (χ2v) is 4.86. The fourth-order valence-corrected chi connectivity index (χ4v) is 1.43. The molecule has 1 fully saturated rings. The monoisotopic (exact) mass is 222 g/mol. The largest absolute Gasteiger partial charge is 0.0808 e. The Bertz CT molecular complexity index is 283. The van der Waals surface area contributed by atoms with E-state index < -0.39 is 0 Å². The predicted molar refractivity (Wildman–Crippen MR) is 56.4 cm³/mol. The summed E-state index contributed by atoms with van der Waals surface area (Å²) in [5.74, 6) is 0. The van der Waals surface area contributed by atoms with Crippen molar-refractivity contribution in [3.05, 3.63) is 42.0 Å². The van der Waals surface area contributed by atoms with Crippen LogP contribution in [-0.2, 0) is 0 Å². The van der Waals surface area contributed by atoms with Gasteiger partial charge in [-0.3, -0.25) is 0 Å². The summed E-state index contributed by atoms with van der Waals surface area (Å²) in [6.45, 7) is 0. The molecule has 0 amide bonds. The molecule has 0 unspecified atom stereocenters. The highest BCUT2D eigenvalue weighted by molar-refractivity contribution is 9.10. The topological polar surface area (TPSA) is 0 Å². The van der Waals surface area contributed by atoms with Crippen LogP contribution in [0.5, 0.6) is 0 Å². The molecule has 0 spiro atoms. The van der Waals surface area contributed by atoms with Crippen molar-refractivity contribution in [2.24, 2.45) is 0 Å². The molecule has 0 heterocycles. The molecule has 0 aromatic heterocycles. The first-order valence-electron chi connectivity index (χ1n) is 4.22. The van der Waals surface area contributed by atoms with Gasteiger partial charge in [-0.25, -0.2) is 0 Å². The SMILES string of the molecule is BrC1(C=Cc2ccccc2)CC1. The molecule has 0 radical (unpaired) electrons. The van der Waals surface area contributed by atoms with Crippen LogP contribution in [0.25, 0.3) is 6.08 Å². The van der Waals surface area contributed by atoms with Crippen molar-refractivity contribution in [3.8, 4) is 0 Å². The lowest BCUT2D eigenvalue weighted by molar-refractivity contribution is 1.24. The zero-order chi connectivity index (χ0) is 8.44. The first-order valence-corrected chi connectivity index (χ1v) is 5.01. The van der Waals surface area contributed by atoms with Gasteiger partial charge in [-0.2, -0.15) is 0 Å². The van der Waals surface area contributed by atoms with E-state index in [9.17, 15) is 0 Å². The first kappa shape index (κ1) is 8.06. The summed E-state index contributed by atoms with van der Waals surface area (Å²) in [5, 5.41) is 0. The molecule has 0 N–H and O–H groups in total. The summed E-state index contributed by atoms with van der Waals surface area (Å²) in [5.41, 5.74) is 1.28. The van der Waals surface area contributed by atoms with E-state index in [1.165, 1.54) is 18.4 Å². The molecule has 0 bridgehead atoms. The van der Waals surface area contributed by atoms with Crippen LogP contribution in [0.2, 0.25) is 0 Å². The fraction of sp³-hybridized carbons (Fsp3) is 0.273. The Labute approximate surface area is 81.4 Å². The van der Waals surface area contributed by atoms with E-state index in [1.54, 1.807) is 0 Å². The third-order valence-corrected chi connectivity index (χ3v) is 3.16. The molecule has 62 valence electrons. The van der Waals surface area contributed by atoms with E-state index in [-0.39, 0.29) is 0 Å². The minimum atomic E-state index is 0.336. The molecule has 0 nitrogen and oxygen atoms in total. The zero-order valence-electron chi connectivity index (χ0n) is 6.83. The van der Waals surface area contributed by atoms with Gasteiger partial charge >= 0.3 is 0 Å². The normalized spacial score (nSPS) is 19.8. The van der Waals surface area contributed by atoms with Crippen molar-refractivity contribution in [1.29, 1.82) is 0 Å². The maximum Gasteiger partial charge on any atom is 0.0441 e. The number of alkyl halides is 1. The highest BCUT2D eigenvalue weighted by Gasteiger charge is 2.36. The maximum absolute atomic E-state index is 3.66. The van der Waals surface area contributed by atoms with Gasteiger partial charge < -0.3 is 0 Å². The van der Waals surface area contributed by atoms with Crippen LogP contribution < -0.4 is 0 Å². The number of halogens is 1. The van der Waals surface area contributed by atoms with Gasteiger partial charge in [0.15, 0.2) is 0 Å². The summed E-state index contributed by atoms with van der Waals surface area (Å²) in [6, 6.07) is 10.4. The summed E-state index contributed by atoms with van der Waals surface area (Å²) >= 11 is 3.66. The van der Waals surface area contributed by atoms with E-state index in [2.05, 4.69) is 52.3 Å². The van der Waals surface area contributed by atoms with Gasteiger partial charge in [-0.15, -0.1) is 0 Å². The van der Waals surface area contributed by atoms with Crippen LogP contribution in [0.3, 0.4) is 0 Å². The fourth-order valence-electron chi connectivity index (χ4n) is 1.10. The van der Waals surface area contributed by atoms with Crippen LogP contribution >= 0.6 is 15.9 Å². The predicted octanol–water partition coefficient (Wildman–Crippen LogP) is 3.63. The molecule has 0 saturated heterocycles. The lowest BCUT2D eigenvalue weighted by Gasteiger charge is -1.95. The van der Waals surface area contributed by atoms with Gasteiger partial charge in [0.25, 0.3) is 0 Å². The Kier molecular flexibility index (Phi) is 2.05. The van der Waals surface area contributed by atoms with Gasteiger partial charge in [0.1, 0.15) is 0 Å². The van der Waals surface area contributed by atoms with E-state index in [4.69, 9.17) is 0 Å². The van der Waals surface area contributed by atoms with E-state index >= 15 is 0 Å². The molecule has 0 aliphatic heterocycles. The molecule has 12 heavy (non-hydrogen) atoms. The summed E-state index contributed by atoms with van der Waals surface area (Å²) in [6.07, 6.45) is 6.98. The van der Waals surface area contributed by atoms with Crippen molar-refractivity contribution in [2.45, 2.75) is 17.2 Å². The summed E-state index contributed by atoms with van der Waals surface area (Å²) in [4.78, 5) is 0. The highest BCUT2D eigenvalue weighted by atomic mass is 79.9. The van der Waals surface area contributed by atoms with Crippen LogP contribution in [0.1, 0.15) is 18.4 Å². The number of allylic oxidation sites excluding steroid dienone is 1. The quantitative estimate of drug-likeness (QED) is 0.671. The van der Waals surface area contributed by atoms with Crippen LogP contribution in [0, 0.1) is 0 Å². The Balaban J connectivity index is 2.08. The van der Waals surface area contributed by atoms with Crippen molar-refractivity contribution < 1.29 is 0 Å². The summed E-state index contributed by atoms with van der Waals surface area (Å²) in [7, 11) is 0. The average Bonchev–Trinajstić information content (AvgIpc) is 2.84. The Morgan fingerprint density at radius 1 is 1.17 bits per heavy atom. The van der Waals surface area contributed by atoms with Crippen LogP contribution in [-0.4, -0.2) is 4.32 Å². The Morgan fingerprint density at radius 3 is 2.42 bits per heavy atom. The highest BCUT2D eigenvalue weighted by Crippen LogP contribution is 2.45. The Morgan fingerprint density at radius 2 is 1.83 bits per heavy atom. The zero-order valence-corrected chi connectivity index (χ0v) is 8.42. The van der Waals surface area contributed by atoms with Gasteiger partial charge in [0.2, 0.25) is 0 Å². The number of hydrogen-bond donors (Lipinski definition) is 0. The molecular formula is C11H11Br. The average molecular weight is 223 g/mol. The second kappa shape index (κ2) is 3.06. The lowest BCUT2D eigenvalue weighted by Crippen LogP contribution is -1.86. The molecule has 2 rings (SSSR count). The molecule has 0 atom stereocenters. The molecule has 1 saturated carbocycles. The van der Waals surface area contributed by atoms with E-state index in [1.807, 2.05) is 6.07 Å². The third-order valence-electron chi connectivity index (χ3n) is 2.10. The molecule has 1 aromatic rings. The molecule has 1 aliphatic rings. The van der Waals surface area contributed by atoms with E-state index in [0.29, 0.717) is 4.32 Å². The van der Waals surface area contributed by atoms with E-state index in [0.717, 1.165) is 0 Å². The second-order valence-electron chi connectivity index (χ2n) is 3.28. The molecule has 1 aromatic carbocycles. The Hall–Kier alpha value is -0.560. The van der Waals surface area contributed by atoms with Gasteiger partial charge in [0.05, 0.1) is 0 Å². The van der Waals surface area contributed by atoms with Gasteiger partial charge in [0, 0.05) is 4.32 Å². The minimum Gasteiger partial charge on any atom is -0.0808 e. The lowest BCUT2D eigenvalue weighted by atomic mass is 10.2. The summed E-state index contributed by atoms with van der Waals surface area (Å²) < 4.78 is 0.336. The van der Waals surface area contributed by atoms with Crippen LogP contribution in [0.4, 0.5) is 0 Å². The maximum atomic E-state index is 3.66. The molecule has 1 aliphatic carbocycles. The van der Waals surface area contributed by atoms with Crippen molar-refractivity contribution in [1.82, 2.24) is 0 Å². The number of rotatable bonds is 2. The standard InChI is InChI=1S/C11H11Br/c12-11(8-9-11)7-6-10-4-2-1-3-5-10/h1-7H,8-9H2. The molecular weight excluding hydrogens is 212 g/mol. The van der Waals surface area contributed by atoms with Crippen molar-refractivity contribution >= 4 is 22.0 Å². The minimum absolute atomic E-state index is 0.336. The third kappa shape index (κ3) is 1.98. The molecule has 1 heteroatoms. The van der Waals surface area contributed by atoms with Gasteiger partial charge in [-0.1, -0.05) is 58.4 Å².